The fourth-order valence-corrected chi connectivity index (χ4v) is 3.20. The molecule has 0 aromatic carbocycles. The Morgan fingerprint density at radius 1 is 1.04 bits per heavy atom. The van der Waals surface area contributed by atoms with Crippen LogP contribution in [0.5, 0.6) is 0 Å². The lowest BCUT2D eigenvalue weighted by Crippen LogP contribution is -2.51. The van der Waals surface area contributed by atoms with Crippen LogP contribution in [0.15, 0.2) is 24.4 Å². The highest BCUT2D eigenvalue weighted by Crippen LogP contribution is 2.13. The summed E-state index contributed by atoms with van der Waals surface area (Å²) in [5.74, 6) is 0.246. The van der Waals surface area contributed by atoms with E-state index in [1.165, 1.54) is 0 Å². The van der Waals surface area contributed by atoms with Crippen molar-refractivity contribution in [3.05, 3.63) is 47.0 Å². The largest absolute Gasteiger partial charge is 0.365 e. The molecule has 3 rings (SSSR count). The van der Waals surface area contributed by atoms with Gasteiger partial charge in [-0.15, -0.1) is 0 Å². The molecule has 128 valence electrons. The molecule has 0 aliphatic carbocycles. The highest BCUT2D eigenvalue weighted by atomic mass is 16.2. The minimum Gasteiger partial charge on any atom is -0.365 e. The molecule has 0 atom stereocenters. The molecule has 2 amide bonds. The first-order valence-corrected chi connectivity index (χ1v) is 8.36. The summed E-state index contributed by atoms with van der Waals surface area (Å²) in [6.45, 7) is 6.42. The summed E-state index contributed by atoms with van der Waals surface area (Å²) in [7, 11) is 0. The number of H-pyrrole nitrogens is 2. The van der Waals surface area contributed by atoms with Crippen LogP contribution in [0.25, 0.3) is 0 Å². The number of hydrogen-bond donors (Lipinski definition) is 2. The van der Waals surface area contributed by atoms with Gasteiger partial charge in [0.2, 0.25) is 11.8 Å². The van der Waals surface area contributed by atoms with Crippen LogP contribution < -0.4 is 0 Å². The molecule has 6 heteroatoms. The van der Waals surface area contributed by atoms with E-state index < -0.39 is 0 Å². The standard InChI is InChI=1S/C18H24N4O2/c1-13-10-15(14(2)20-13)11-17(23)21-6-8-22(9-7-21)18(24)12-16-4-3-5-19-16/h3-5,10,19-20H,6-9,11-12H2,1-2H3. The van der Waals surface area contributed by atoms with Crippen LogP contribution >= 0.6 is 0 Å². The van der Waals surface area contributed by atoms with Crippen LogP contribution in [-0.2, 0) is 22.4 Å². The van der Waals surface area contributed by atoms with Crippen molar-refractivity contribution in [1.29, 1.82) is 0 Å². The van der Waals surface area contributed by atoms with Crippen molar-refractivity contribution in [1.82, 2.24) is 19.8 Å². The molecule has 2 aromatic rings. The molecule has 1 aliphatic rings. The van der Waals surface area contributed by atoms with Gasteiger partial charge < -0.3 is 19.8 Å². The molecule has 1 aliphatic heterocycles. The Hall–Kier alpha value is -2.50. The van der Waals surface area contributed by atoms with Gasteiger partial charge in [0.05, 0.1) is 12.8 Å². The zero-order valence-corrected chi connectivity index (χ0v) is 14.3. The Labute approximate surface area is 141 Å². The zero-order valence-electron chi connectivity index (χ0n) is 14.3. The zero-order chi connectivity index (χ0) is 17.1. The first-order chi connectivity index (χ1) is 11.5. The van der Waals surface area contributed by atoms with E-state index in [1.807, 2.05) is 48.0 Å². The Bertz CT molecular complexity index is 709. The lowest BCUT2D eigenvalue weighted by atomic mass is 10.1. The topological polar surface area (TPSA) is 72.2 Å². The van der Waals surface area contributed by atoms with Gasteiger partial charge in [0.25, 0.3) is 0 Å². The number of piperazine rings is 1. The van der Waals surface area contributed by atoms with E-state index in [0.29, 0.717) is 39.0 Å². The highest BCUT2D eigenvalue weighted by Gasteiger charge is 2.24. The molecular weight excluding hydrogens is 304 g/mol. The quantitative estimate of drug-likeness (QED) is 0.891. The van der Waals surface area contributed by atoms with Crippen molar-refractivity contribution < 1.29 is 9.59 Å². The maximum atomic E-state index is 12.5. The van der Waals surface area contributed by atoms with E-state index in [4.69, 9.17) is 0 Å². The number of aromatic nitrogens is 2. The third kappa shape index (κ3) is 3.69. The molecule has 0 saturated carbocycles. The summed E-state index contributed by atoms with van der Waals surface area (Å²) in [5.41, 5.74) is 4.12. The molecule has 6 nitrogen and oxygen atoms in total. The van der Waals surface area contributed by atoms with Gasteiger partial charge in [0, 0.05) is 49.5 Å². The lowest BCUT2D eigenvalue weighted by Gasteiger charge is -2.35. The second-order valence-corrected chi connectivity index (χ2v) is 6.41. The van der Waals surface area contributed by atoms with E-state index in [2.05, 4.69) is 9.97 Å². The molecule has 2 N–H and O–H groups in total. The van der Waals surface area contributed by atoms with Crippen molar-refractivity contribution in [2.75, 3.05) is 26.2 Å². The van der Waals surface area contributed by atoms with Gasteiger partial charge in [-0.3, -0.25) is 9.59 Å². The minimum absolute atomic E-state index is 0.113. The van der Waals surface area contributed by atoms with Crippen LogP contribution in [0.1, 0.15) is 22.6 Å². The van der Waals surface area contributed by atoms with Gasteiger partial charge in [-0.2, -0.15) is 0 Å². The highest BCUT2D eigenvalue weighted by molar-refractivity contribution is 5.81. The van der Waals surface area contributed by atoms with Crippen molar-refractivity contribution in [3.8, 4) is 0 Å². The molecule has 3 heterocycles. The van der Waals surface area contributed by atoms with Gasteiger partial charge in [0.1, 0.15) is 0 Å². The number of rotatable bonds is 4. The maximum Gasteiger partial charge on any atom is 0.228 e. The van der Waals surface area contributed by atoms with Gasteiger partial charge >= 0.3 is 0 Å². The number of carbonyl (C=O) groups excluding carboxylic acids is 2. The molecular formula is C18H24N4O2. The predicted molar refractivity (Wildman–Crippen MR) is 91.6 cm³/mol. The Morgan fingerprint density at radius 2 is 1.67 bits per heavy atom. The van der Waals surface area contributed by atoms with E-state index in [1.54, 1.807) is 0 Å². The normalized spacial score (nSPS) is 14.9. The number of nitrogens with zero attached hydrogens (tertiary/aromatic N) is 2. The summed E-state index contributed by atoms with van der Waals surface area (Å²) in [4.78, 5) is 34.7. The van der Waals surface area contributed by atoms with Gasteiger partial charge in [-0.25, -0.2) is 0 Å². The first kappa shape index (κ1) is 16.4. The molecule has 2 aromatic heterocycles. The Balaban J connectivity index is 1.50. The summed E-state index contributed by atoms with van der Waals surface area (Å²) < 4.78 is 0. The van der Waals surface area contributed by atoms with Gasteiger partial charge in [-0.05, 0) is 37.6 Å². The monoisotopic (exact) mass is 328 g/mol. The van der Waals surface area contributed by atoms with Gasteiger partial charge in [0.15, 0.2) is 0 Å². The third-order valence-corrected chi connectivity index (χ3v) is 4.59. The predicted octanol–water partition coefficient (Wildman–Crippen LogP) is 1.42. The fraction of sp³-hybridized carbons (Fsp3) is 0.444. The van der Waals surface area contributed by atoms with Crippen molar-refractivity contribution in [3.63, 3.8) is 0 Å². The maximum absolute atomic E-state index is 12.5. The van der Waals surface area contributed by atoms with E-state index in [-0.39, 0.29) is 11.8 Å². The Kier molecular flexibility index (Phi) is 4.74. The van der Waals surface area contributed by atoms with Gasteiger partial charge in [-0.1, -0.05) is 0 Å². The minimum atomic E-state index is 0.113. The van der Waals surface area contributed by atoms with Crippen LogP contribution in [0.3, 0.4) is 0 Å². The second-order valence-electron chi connectivity index (χ2n) is 6.41. The van der Waals surface area contributed by atoms with Crippen molar-refractivity contribution >= 4 is 11.8 Å². The molecule has 24 heavy (non-hydrogen) atoms. The van der Waals surface area contributed by atoms with Crippen molar-refractivity contribution in [2.24, 2.45) is 0 Å². The summed E-state index contributed by atoms with van der Waals surface area (Å²) in [5, 5.41) is 0. The SMILES string of the molecule is Cc1cc(CC(=O)N2CCN(C(=O)Cc3ccc[nH]3)CC2)c(C)[nH]1. The lowest BCUT2D eigenvalue weighted by molar-refractivity contribution is -0.138. The molecule has 0 spiro atoms. The van der Waals surface area contributed by atoms with Crippen LogP contribution in [-0.4, -0.2) is 57.8 Å². The van der Waals surface area contributed by atoms with Crippen LogP contribution in [0.4, 0.5) is 0 Å². The van der Waals surface area contributed by atoms with Crippen molar-refractivity contribution in [2.45, 2.75) is 26.7 Å². The Morgan fingerprint density at radius 3 is 2.17 bits per heavy atom. The number of hydrogen-bond acceptors (Lipinski definition) is 2. The van der Waals surface area contributed by atoms with E-state index >= 15 is 0 Å². The average molecular weight is 328 g/mol. The summed E-state index contributed by atoms with van der Waals surface area (Å²) in [6.07, 6.45) is 2.64. The van der Waals surface area contributed by atoms with Crippen LogP contribution in [0, 0.1) is 13.8 Å². The van der Waals surface area contributed by atoms with E-state index in [9.17, 15) is 9.59 Å². The number of aryl methyl sites for hydroxylation is 2. The smallest absolute Gasteiger partial charge is 0.228 e. The molecule has 1 saturated heterocycles. The molecule has 0 radical (unpaired) electrons. The molecule has 1 fully saturated rings. The fourth-order valence-electron chi connectivity index (χ4n) is 3.20. The number of nitrogens with one attached hydrogen (secondary N) is 2. The number of carbonyl (C=O) groups is 2. The first-order valence-electron chi connectivity index (χ1n) is 8.36. The molecule has 0 bridgehead atoms. The second kappa shape index (κ2) is 6.95. The summed E-state index contributed by atoms with van der Waals surface area (Å²) >= 11 is 0. The molecule has 0 unspecified atom stereocenters. The number of aromatic amines is 2. The van der Waals surface area contributed by atoms with Crippen LogP contribution in [0.2, 0.25) is 0 Å². The number of amides is 2. The summed E-state index contributed by atoms with van der Waals surface area (Å²) in [6, 6.07) is 5.84. The average Bonchev–Trinajstić information content (AvgIpc) is 3.17. The third-order valence-electron chi connectivity index (χ3n) is 4.59. The van der Waals surface area contributed by atoms with E-state index in [0.717, 1.165) is 22.6 Å².